The molecule has 4 nitrogen and oxygen atoms in total. The SMILES string of the molecule is Cc1nc(N2CCC(N(C)C)C2)sc1C(C)O. The minimum atomic E-state index is -0.409. The fourth-order valence-electron chi connectivity index (χ4n) is 2.25. The van der Waals surface area contributed by atoms with E-state index in [4.69, 9.17) is 0 Å². The molecule has 1 fully saturated rings. The van der Waals surface area contributed by atoms with Crippen LogP contribution in [-0.4, -0.2) is 48.2 Å². The molecule has 2 heterocycles. The largest absolute Gasteiger partial charge is 0.388 e. The molecule has 96 valence electrons. The fourth-order valence-corrected chi connectivity index (χ4v) is 3.29. The van der Waals surface area contributed by atoms with Crippen LogP contribution in [0.25, 0.3) is 0 Å². The minimum absolute atomic E-state index is 0.409. The van der Waals surface area contributed by atoms with Gasteiger partial charge in [0, 0.05) is 19.1 Å². The Balaban J connectivity index is 2.11. The summed E-state index contributed by atoms with van der Waals surface area (Å²) in [6.45, 7) is 5.88. The Labute approximate surface area is 107 Å². The van der Waals surface area contributed by atoms with Crippen LogP contribution < -0.4 is 4.90 Å². The lowest BCUT2D eigenvalue weighted by Gasteiger charge is -2.19. The van der Waals surface area contributed by atoms with Gasteiger partial charge in [0.25, 0.3) is 0 Å². The molecule has 1 aliphatic rings. The second-order valence-corrected chi connectivity index (χ2v) is 5.98. The van der Waals surface area contributed by atoms with Gasteiger partial charge in [-0.15, -0.1) is 0 Å². The van der Waals surface area contributed by atoms with Crippen molar-refractivity contribution in [3.63, 3.8) is 0 Å². The van der Waals surface area contributed by atoms with Crippen LogP contribution in [0.5, 0.6) is 0 Å². The van der Waals surface area contributed by atoms with Crippen molar-refractivity contribution >= 4 is 16.5 Å². The summed E-state index contributed by atoms with van der Waals surface area (Å²) >= 11 is 1.62. The molecule has 0 radical (unpaired) electrons. The van der Waals surface area contributed by atoms with E-state index in [9.17, 15) is 5.11 Å². The Morgan fingerprint density at radius 2 is 2.24 bits per heavy atom. The van der Waals surface area contributed by atoms with Gasteiger partial charge in [0.15, 0.2) is 5.13 Å². The molecule has 0 amide bonds. The molecule has 0 aliphatic carbocycles. The summed E-state index contributed by atoms with van der Waals surface area (Å²) in [5.41, 5.74) is 0.966. The van der Waals surface area contributed by atoms with Gasteiger partial charge in [-0.3, -0.25) is 0 Å². The van der Waals surface area contributed by atoms with Gasteiger partial charge < -0.3 is 14.9 Å². The second kappa shape index (κ2) is 4.92. The number of anilines is 1. The summed E-state index contributed by atoms with van der Waals surface area (Å²) in [6.07, 6.45) is 0.781. The fraction of sp³-hybridized carbons (Fsp3) is 0.750. The molecule has 1 aliphatic heterocycles. The highest BCUT2D eigenvalue weighted by Gasteiger charge is 2.26. The molecular weight excluding hydrogens is 234 g/mol. The summed E-state index contributed by atoms with van der Waals surface area (Å²) in [4.78, 5) is 10.2. The van der Waals surface area contributed by atoms with E-state index < -0.39 is 6.10 Å². The molecule has 0 bridgehead atoms. The molecule has 2 atom stereocenters. The Morgan fingerprint density at radius 3 is 2.71 bits per heavy atom. The third kappa shape index (κ3) is 2.61. The summed E-state index contributed by atoms with van der Waals surface area (Å²) in [5.74, 6) is 0. The van der Waals surface area contributed by atoms with Crippen LogP contribution in [0.1, 0.15) is 30.0 Å². The molecule has 1 saturated heterocycles. The second-order valence-electron chi connectivity index (χ2n) is 4.97. The molecule has 0 spiro atoms. The number of thiazole rings is 1. The number of aryl methyl sites for hydroxylation is 1. The number of aliphatic hydroxyl groups is 1. The maximum atomic E-state index is 9.64. The molecular formula is C12H21N3OS. The highest BCUT2D eigenvalue weighted by molar-refractivity contribution is 7.15. The number of aromatic nitrogens is 1. The highest BCUT2D eigenvalue weighted by atomic mass is 32.1. The number of aliphatic hydroxyl groups excluding tert-OH is 1. The van der Waals surface area contributed by atoms with Gasteiger partial charge in [0.05, 0.1) is 16.7 Å². The van der Waals surface area contributed by atoms with Crippen molar-refractivity contribution < 1.29 is 5.11 Å². The van der Waals surface area contributed by atoms with Gasteiger partial charge in [-0.05, 0) is 34.4 Å². The van der Waals surface area contributed by atoms with Crippen molar-refractivity contribution in [2.75, 3.05) is 32.1 Å². The average Bonchev–Trinajstić information content (AvgIpc) is 2.82. The van der Waals surface area contributed by atoms with Crippen LogP contribution in [0.2, 0.25) is 0 Å². The molecule has 0 aromatic carbocycles. The molecule has 5 heteroatoms. The van der Waals surface area contributed by atoms with Crippen molar-refractivity contribution in [1.82, 2.24) is 9.88 Å². The monoisotopic (exact) mass is 255 g/mol. The molecule has 0 saturated carbocycles. The van der Waals surface area contributed by atoms with Crippen molar-refractivity contribution in [2.24, 2.45) is 0 Å². The number of hydrogen-bond donors (Lipinski definition) is 1. The van der Waals surface area contributed by atoms with E-state index in [0.29, 0.717) is 6.04 Å². The van der Waals surface area contributed by atoms with Gasteiger partial charge in [0.2, 0.25) is 0 Å². The maximum absolute atomic E-state index is 9.64. The molecule has 17 heavy (non-hydrogen) atoms. The zero-order valence-electron chi connectivity index (χ0n) is 11.0. The van der Waals surface area contributed by atoms with Crippen molar-refractivity contribution in [3.8, 4) is 0 Å². The number of nitrogens with zero attached hydrogens (tertiary/aromatic N) is 3. The first-order chi connectivity index (χ1) is 7.99. The van der Waals surface area contributed by atoms with E-state index >= 15 is 0 Å². The van der Waals surface area contributed by atoms with Crippen molar-refractivity contribution in [3.05, 3.63) is 10.6 Å². The van der Waals surface area contributed by atoms with Crippen LogP contribution >= 0.6 is 11.3 Å². The summed E-state index contributed by atoms with van der Waals surface area (Å²) in [5, 5.41) is 10.7. The normalized spacial score (nSPS) is 22.5. The minimum Gasteiger partial charge on any atom is -0.388 e. The summed E-state index contributed by atoms with van der Waals surface area (Å²) in [7, 11) is 4.25. The maximum Gasteiger partial charge on any atom is 0.185 e. The van der Waals surface area contributed by atoms with E-state index in [0.717, 1.165) is 28.8 Å². The van der Waals surface area contributed by atoms with Gasteiger partial charge in [-0.25, -0.2) is 4.98 Å². The lowest BCUT2D eigenvalue weighted by molar-refractivity contribution is 0.202. The van der Waals surface area contributed by atoms with Crippen LogP contribution in [0, 0.1) is 6.92 Å². The number of hydrogen-bond acceptors (Lipinski definition) is 5. The first-order valence-corrected chi connectivity index (χ1v) is 6.87. The first-order valence-electron chi connectivity index (χ1n) is 6.05. The molecule has 1 aromatic heterocycles. The van der Waals surface area contributed by atoms with Crippen LogP contribution in [0.4, 0.5) is 5.13 Å². The van der Waals surface area contributed by atoms with Crippen molar-refractivity contribution in [1.29, 1.82) is 0 Å². The smallest absolute Gasteiger partial charge is 0.185 e. The lowest BCUT2D eigenvalue weighted by atomic mass is 10.2. The van der Waals surface area contributed by atoms with Crippen LogP contribution in [0.15, 0.2) is 0 Å². The third-order valence-electron chi connectivity index (χ3n) is 3.36. The standard InChI is InChI=1S/C12H21N3OS/c1-8-11(9(2)16)17-12(13-8)15-6-5-10(7-15)14(3)4/h9-10,16H,5-7H2,1-4H3. The Bertz CT molecular complexity index is 389. The lowest BCUT2D eigenvalue weighted by Crippen LogP contribution is -2.31. The molecule has 2 unspecified atom stereocenters. The third-order valence-corrected chi connectivity index (χ3v) is 4.75. The van der Waals surface area contributed by atoms with Crippen LogP contribution in [0.3, 0.4) is 0 Å². The average molecular weight is 255 g/mol. The number of rotatable bonds is 3. The topological polar surface area (TPSA) is 39.6 Å². The van der Waals surface area contributed by atoms with E-state index in [1.165, 1.54) is 6.42 Å². The Hall–Kier alpha value is -0.650. The summed E-state index contributed by atoms with van der Waals surface area (Å²) < 4.78 is 0. The molecule has 1 aromatic rings. The van der Waals surface area contributed by atoms with Crippen molar-refractivity contribution in [2.45, 2.75) is 32.4 Å². The zero-order valence-corrected chi connectivity index (χ0v) is 11.8. The van der Waals surface area contributed by atoms with Gasteiger partial charge in [-0.1, -0.05) is 11.3 Å². The van der Waals surface area contributed by atoms with Crippen LogP contribution in [-0.2, 0) is 0 Å². The molecule has 2 rings (SSSR count). The van der Waals surface area contributed by atoms with Gasteiger partial charge in [0.1, 0.15) is 0 Å². The van der Waals surface area contributed by atoms with E-state index in [1.807, 2.05) is 6.92 Å². The predicted octanol–water partition coefficient (Wildman–Crippen LogP) is 1.65. The van der Waals surface area contributed by atoms with E-state index in [1.54, 1.807) is 18.3 Å². The molecule has 1 N–H and O–H groups in total. The number of likely N-dealkylation sites (N-methyl/N-ethyl adjacent to an activating group) is 1. The predicted molar refractivity (Wildman–Crippen MR) is 71.8 cm³/mol. The van der Waals surface area contributed by atoms with E-state index in [2.05, 4.69) is 28.9 Å². The Kier molecular flexibility index (Phi) is 3.70. The van der Waals surface area contributed by atoms with Gasteiger partial charge >= 0.3 is 0 Å². The quantitative estimate of drug-likeness (QED) is 0.891. The van der Waals surface area contributed by atoms with Gasteiger partial charge in [-0.2, -0.15) is 0 Å². The zero-order chi connectivity index (χ0) is 12.6. The Morgan fingerprint density at radius 1 is 1.53 bits per heavy atom. The highest BCUT2D eigenvalue weighted by Crippen LogP contribution is 2.32. The summed E-state index contributed by atoms with van der Waals surface area (Å²) in [6, 6.07) is 0.620. The van der Waals surface area contributed by atoms with E-state index in [-0.39, 0.29) is 0 Å². The first kappa shape index (κ1) is 12.8.